The Hall–Kier alpha value is -1.16. The second-order valence-corrected chi connectivity index (χ2v) is 5.16. The summed E-state index contributed by atoms with van der Waals surface area (Å²) in [6, 6.07) is 3.40. The average Bonchev–Trinajstić information content (AvgIpc) is 2.21. The van der Waals surface area contributed by atoms with Crippen molar-refractivity contribution in [3.05, 3.63) is 35.4 Å². The zero-order valence-corrected chi connectivity index (χ0v) is 11.1. The highest BCUT2D eigenvalue weighted by atomic mass is 35.5. The number of hydrogen-bond acceptors (Lipinski definition) is 1. The van der Waals surface area contributed by atoms with Gasteiger partial charge in [-0.2, -0.15) is 0 Å². The van der Waals surface area contributed by atoms with Crippen molar-refractivity contribution in [2.24, 2.45) is 0 Å². The van der Waals surface area contributed by atoms with E-state index in [1.807, 2.05) is 13.8 Å². The number of benzene rings is 1. The molecule has 0 saturated heterocycles. The lowest BCUT2D eigenvalue weighted by molar-refractivity contribution is -0.121. The minimum absolute atomic E-state index is 0.0245. The van der Waals surface area contributed by atoms with Crippen LogP contribution in [0.5, 0.6) is 0 Å². The standard InChI is InChI=1S/C13H16ClF2NO/c1-8(14)5-9(2)17-13(18)7-10-3-4-11(15)12(16)6-10/h3-4,6,8-9H,5,7H2,1-2H3,(H,17,18). The van der Waals surface area contributed by atoms with Gasteiger partial charge in [-0.3, -0.25) is 4.79 Å². The van der Waals surface area contributed by atoms with E-state index < -0.39 is 11.6 Å². The van der Waals surface area contributed by atoms with Crippen molar-refractivity contribution in [2.45, 2.75) is 38.1 Å². The van der Waals surface area contributed by atoms with Gasteiger partial charge >= 0.3 is 0 Å². The fourth-order valence-electron chi connectivity index (χ4n) is 1.71. The summed E-state index contributed by atoms with van der Waals surface area (Å²) in [4.78, 5) is 11.6. The van der Waals surface area contributed by atoms with E-state index >= 15 is 0 Å². The molecule has 0 aliphatic carbocycles. The molecule has 0 spiro atoms. The second-order valence-electron chi connectivity index (χ2n) is 4.41. The number of carbonyl (C=O) groups excluding carboxylic acids is 1. The van der Waals surface area contributed by atoms with Crippen LogP contribution in [0.25, 0.3) is 0 Å². The van der Waals surface area contributed by atoms with Gasteiger partial charge in [-0.25, -0.2) is 8.78 Å². The second kappa shape index (κ2) is 6.69. The lowest BCUT2D eigenvalue weighted by Crippen LogP contribution is -2.35. The summed E-state index contributed by atoms with van der Waals surface area (Å²) in [5.41, 5.74) is 0.442. The maximum atomic E-state index is 12.9. The monoisotopic (exact) mass is 275 g/mol. The van der Waals surface area contributed by atoms with E-state index in [2.05, 4.69) is 5.32 Å². The van der Waals surface area contributed by atoms with Gasteiger partial charge in [0, 0.05) is 11.4 Å². The number of hydrogen-bond donors (Lipinski definition) is 1. The van der Waals surface area contributed by atoms with E-state index in [-0.39, 0.29) is 23.7 Å². The molecule has 1 N–H and O–H groups in total. The normalized spacial score (nSPS) is 14.1. The highest BCUT2D eigenvalue weighted by Gasteiger charge is 2.11. The lowest BCUT2D eigenvalue weighted by Gasteiger charge is -2.15. The van der Waals surface area contributed by atoms with Crippen LogP contribution in [0.3, 0.4) is 0 Å². The quantitative estimate of drug-likeness (QED) is 0.823. The van der Waals surface area contributed by atoms with Crippen LogP contribution in [-0.4, -0.2) is 17.3 Å². The molecule has 1 aromatic carbocycles. The molecule has 0 fully saturated rings. The summed E-state index contributed by atoms with van der Waals surface area (Å²) in [6.07, 6.45) is 0.684. The Labute approximate surface area is 110 Å². The van der Waals surface area contributed by atoms with E-state index in [4.69, 9.17) is 11.6 Å². The van der Waals surface area contributed by atoms with Gasteiger partial charge in [0.1, 0.15) is 0 Å². The molecule has 2 unspecified atom stereocenters. The van der Waals surface area contributed by atoms with Gasteiger partial charge in [0.25, 0.3) is 0 Å². The molecule has 18 heavy (non-hydrogen) atoms. The van der Waals surface area contributed by atoms with Crippen LogP contribution in [-0.2, 0) is 11.2 Å². The van der Waals surface area contributed by atoms with Gasteiger partial charge in [0.15, 0.2) is 11.6 Å². The Morgan fingerprint density at radius 2 is 2.00 bits per heavy atom. The number of halogens is 3. The summed E-state index contributed by atoms with van der Waals surface area (Å²) in [7, 11) is 0. The molecule has 1 aromatic rings. The summed E-state index contributed by atoms with van der Waals surface area (Å²) < 4.78 is 25.6. The zero-order chi connectivity index (χ0) is 13.7. The first kappa shape index (κ1) is 14.9. The van der Waals surface area contributed by atoms with Gasteiger partial charge < -0.3 is 5.32 Å². The molecule has 0 aromatic heterocycles. The molecule has 5 heteroatoms. The molecule has 2 nitrogen and oxygen atoms in total. The molecule has 1 rings (SSSR count). The van der Waals surface area contributed by atoms with Crippen LogP contribution in [0, 0.1) is 11.6 Å². The lowest BCUT2D eigenvalue weighted by atomic mass is 10.1. The summed E-state index contributed by atoms with van der Waals surface area (Å²) in [5.74, 6) is -2.09. The van der Waals surface area contributed by atoms with Gasteiger partial charge in [-0.1, -0.05) is 6.07 Å². The number of alkyl halides is 1. The third-order valence-electron chi connectivity index (χ3n) is 2.43. The largest absolute Gasteiger partial charge is 0.353 e. The Balaban J connectivity index is 2.51. The summed E-state index contributed by atoms with van der Waals surface area (Å²) in [5, 5.41) is 2.73. The Kier molecular flexibility index (Phi) is 5.54. The minimum atomic E-state index is -0.942. The third-order valence-corrected chi connectivity index (χ3v) is 2.61. The molecule has 0 heterocycles. The fourth-order valence-corrected chi connectivity index (χ4v) is 1.97. The molecule has 0 aliphatic rings. The van der Waals surface area contributed by atoms with E-state index in [0.29, 0.717) is 12.0 Å². The Morgan fingerprint density at radius 1 is 1.33 bits per heavy atom. The van der Waals surface area contributed by atoms with Crippen LogP contribution >= 0.6 is 11.6 Å². The predicted octanol–water partition coefficient (Wildman–Crippen LogP) is 3.03. The van der Waals surface area contributed by atoms with E-state index in [9.17, 15) is 13.6 Å². The SMILES string of the molecule is CC(Cl)CC(C)NC(=O)Cc1ccc(F)c(F)c1. The fraction of sp³-hybridized carbons (Fsp3) is 0.462. The number of rotatable bonds is 5. The summed E-state index contributed by atoms with van der Waals surface area (Å²) >= 11 is 5.81. The highest BCUT2D eigenvalue weighted by Crippen LogP contribution is 2.10. The van der Waals surface area contributed by atoms with Crippen molar-refractivity contribution >= 4 is 17.5 Å². The third kappa shape index (κ3) is 5.00. The van der Waals surface area contributed by atoms with Crippen LogP contribution in [0.2, 0.25) is 0 Å². The van der Waals surface area contributed by atoms with Crippen molar-refractivity contribution < 1.29 is 13.6 Å². The van der Waals surface area contributed by atoms with Gasteiger partial charge in [-0.15, -0.1) is 11.6 Å². The number of carbonyl (C=O) groups is 1. The molecular formula is C13H16ClF2NO. The molecule has 0 radical (unpaired) electrons. The zero-order valence-electron chi connectivity index (χ0n) is 10.3. The maximum Gasteiger partial charge on any atom is 0.224 e. The number of amides is 1. The van der Waals surface area contributed by atoms with Crippen molar-refractivity contribution in [3.63, 3.8) is 0 Å². The molecule has 0 aliphatic heterocycles. The van der Waals surface area contributed by atoms with E-state index in [0.717, 1.165) is 12.1 Å². The van der Waals surface area contributed by atoms with Crippen molar-refractivity contribution in [1.82, 2.24) is 5.32 Å². The van der Waals surface area contributed by atoms with E-state index in [1.54, 1.807) is 0 Å². The van der Waals surface area contributed by atoms with Crippen molar-refractivity contribution in [3.8, 4) is 0 Å². The molecule has 1 amide bonds. The first-order valence-electron chi connectivity index (χ1n) is 5.76. The van der Waals surface area contributed by atoms with Crippen LogP contribution in [0.4, 0.5) is 8.78 Å². The molecule has 2 atom stereocenters. The topological polar surface area (TPSA) is 29.1 Å². The van der Waals surface area contributed by atoms with Gasteiger partial charge in [-0.05, 0) is 38.0 Å². The molecular weight excluding hydrogens is 260 g/mol. The van der Waals surface area contributed by atoms with Crippen molar-refractivity contribution in [2.75, 3.05) is 0 Å². The van der Waals surface area contributed by atoms with Crippen molar-refractivity contribution in [1.29, 1.82) is 0 Å². The Morgan fingerprint density at radius 3 is 2.56 bits per heavy atom. The van der Waals surface area contributed by atoms with Crippen LogP contribution in [0.1, 0.15) is 25.8 Å². The highest BCUT2D eigenvalue weighted by molar-refractivity contribution is 6.20. The van der Waals surface area contributed by atoms with Crippen LogP contribution in [0.15, 0.2) is 18.2 Å². The Bertz CT molecular complexity index is 423. The predicted molar refractivity (Wildman–Crippen MR) is 67.6 cm³/mol. The van der Waals surface area contributed by atoms with Gasteiger partial charge in [0.2, 0.25) is 5.91 Å². The minimum Gasteiger partial charge on any atom is -0.353 e. The molecule has 100 valence electrons. The first-order valence-corrected chi connectivity index (χ1v) is 6.19. The van der Waals surface area contributed by atoms with E-state index in [1.165, 1.54) is 6.07 Å². The molecule has 0 bridgehead atoms. The molecule has 0 saturated carbocycles. The maximum absolute atomic E-state index is 12.9. The average molecular weight is 276 g/mol. The van der Waals surface area contributed by atoms with Crippen LogP contribution < -0.4 is 5.32 Å². The number of nitrogens with one attached hydrogen (secondary N) is 1. The smallest absolute Gasteiger partial charge is 0.224 e. The van der Waals surface area contributed by atoms with Gasteiger partial charge in [0.05, 0.1) is 6.42 Å². The summed E-state index contributed by atoms with van der Waals surface area (Å²) in [6.45, 7) is 3.70. The first-order chi connectivity index (χ1) is 8.38.